The molecule has 4 atom stereocenters. The first kappa shape index (κ1) is 12.8. The van der Waals surface area contributed by atoms with Crippen molar-refractivity contribution in [1.29, 1.82) is 0 Å². The van der Waals surface area contributed by atoms with Gasteiger partial charge < -0.3 is 30.3 Å². The first-order valence-corrected chi connectivity index (χ1v) is 3.94. The monoisotopic (exact) mass is 196 g/mol. The van der Waals surface area contributed by atoms with Crippen molar-refractivity contribution in [1.82, 2.24) is 0 Å². The maximum Gasteiger partial charge on any atom is 0.178 e. The Kier molecular flexibility index (Phi) is 6.13. The van der Waals surface area contributed by atoms with E-state index in [1.165, 1.54) is 6.92 Å². The molecule has 0 aliphatic rings. The highest BCUT2D eigenvalue weighted by molar-refractivity contribution is 4.73. The van der Waals surface area contributed by atoms with Crippen LogP contribution in [0.1, 0.15) is 6.92 Å². The van der Waals surface area contributed by atoms with E-state index in [4.69, 9.17) is 20.4 Å². The number of aliphatic hydroxyl groups is 5. The van der Waals surface area contributed by atoms with Crippen molar-refractivity contribution in [3.8, 4) is 0 Å². The molecule has 0 aliphatic heterocycles. The van der Waals surface area contributed by atoms with Gasteiger partial charge in [-0.25, -0.2) is 0 Å². The van der Waals surface area contributed by atoms with Crippen molar-refractivity contribution in [2.45, 2.75) is 31.5 Å². The summed E-state index contributed by atoms with van der Waals surface area (Å²) in [5, 5.41) is 44.0. The van der Waals surface area contributed by atoms with E-state index in [1.54, 1.807) is 0 Å². The van der Waals surface area contributed by atoms with E-state index in [2.05, 4.69) is 4.74 Å². The number of hydrogen-bond donors (Lipinski definition) is 5. The SMILES string of the molecule is C[C@H](O)[C@@H](O)C(CO)OC(O)CO. The summed E-state index contributed by atoms with van der Waals surface area (Å²) in [4.78, 5) is 0. The molecule has 0 bridgehead atoms. The molecular formula is C7H16O6. The predicted octanol–water partition coefficient (Wildman–Crippen LogP) is -2.58. The largest absolute Gasteiger partial charge is 0.394 e. The van der Waals surface area contributed by atoms with Crippen LogP contribution in [-0.2, 0) is 4.74 Å². The molecule has 0 radical (unpaired) electrons. The van der Waals surface area contributed by atoms with Gasteiger partial charge in [0.1, 0.15) is 12.2 Å². The summed E-state index contributed by atoms with van der Waals surface area (Å²) >= 11 is 0. The molecule has 0 rings (SSSR count). The van der Waals surface area contributed by atoms with Crippen molar-refractivity contribution < 1.29 is 30.3 Å². The highest BCUT2D eigenvalue weighted by Crippen LogP contribution is 2.05. The van der Waals surface area contributed by atoms with Crippen LogP contribution in [0.2, 0.25) is 0 Å². The summed E-state index contributed by atoms with van der Waals surface area (Å²) in [6.07, 6.45) is -4.96. The van der Waals surface area contributed by atoms with Crippen LogP contribution in [0.15, 0.2) is 0 Å². The van der Waals surface area contributed by atoms with E-state index in [1.807, 2.05) is 0 Å². The smallest absolute Gasteiger partial charge is 0.178 e. The maximum absolute atomic E-state index is 9.20. The Labute approximate surface area is 76.0 Å². The molecule has 6 nitrogen and oxygen atoms in total. The highest BCUT2D eigenvalue weighted by atomic mass is 16.6. The summed E-state index contributed by atoms with van der Waals surface area (Å²) in [6, 6.07) is 0. The van der Waals surface area contributed by atoms with Gasteiger partial charge in [0.2, 0.25) is 0 Å². The molecule has 0 heterocycles. The molecular weight excluding hydrogens is 180 g/mol. The second-order valence-corrected chi connectivity index (χ2v) is 2.73. The highest BCUT2D eigenvalue weighted by Gasteiger charge is 2.25. The van der Waals surface area contributed by atoms with Crippen molar-refractivity contribution in [2.75, 3.05) is 13.2 Å². The molecule has 13 heavy (non-hydrogen) atoms. The molecule has 0 aliphatic carbocycles. The average molecular weight is 196 g/mol. The Balaban J connectivity index is 4.01. The lowest BCUT2D eigenvalue weighted by Gasteiger charge is -2.25. The van der Waals surface area contributed by atoms with Crippen molar-refractivity contribution in [3.05, 3.63) is 0 Å². The molecule has 2 unspecified atom stereocenters. The van der Waals surface area contributed by atoms with E-state index in [-0.39, 0.29) is 0 Å². The van der Waals surface area contributed by atoms with Gasteiger partial charge in [-0.3, -0.25) is 0 Å². The van der Waals surface area contributed by atoms with Crippen molar-refractivity contribution in [2.24, 2.45) is 0 Å². The zero-order valence-electron chi connectivity index (χ0n) is 7.37. The second-order valence-electron chi connectivity index (χ2n) is 2.73. The first-order valence-electron chi connectivity index (χ1n) is 3.94. The Morgan fingerprint density at radius 3 is 1.92 bits per heavy atom. The zero-order valence-corrected chi connectivity index (χ0v) is 7.37. The summed E-state index contributed by atoms with van der Waals surface area (Å²) in [5.41, 5.74) is 0. The van der Waals surface area contributed by atoms with E-state index >= 15 is 0 Å². The van der Waals surface area contributed by atoms with Gasteiger partial charge in [0.05, 0.1) is 19.3 Å². The Morgan fingerprint density at radius 1 is 1.08 bits per heavy atom. The number of ether oxygens (including phenoxy) is 1. The van der Waals surface area contributed by atoms with E-state index < -0.39 is 37.8 Å². The normalized spacial score (nSPS) is 20.8. The molecule has 0 saturated carbocycles. The van der Waals surface area contributed by atoms with Crippen LogP contribution in [0, 0.1) is 0 Å². The summed E-state index contributed by atoms with van der Waals surface area (Å²) in [7, 11) is 0. The van der Waals surface area contributed by atoms with E-state index in [0.717, 1.165) is 0 Å². The van der Waals surface area contributed by atoms with Gasteiger partial charge in [0.25, 0.3) is 0 Å². The minimum atomic E-state index is -1.47. The Bertz CT molecular complexity index is 128. The van der Waals surface area contributed by atoms with Crippen molar-refractivity contribution in [3.63, 3.8) is 0 Å². The van der Waals surface area contributed by atoms with Gasteiger partial charge in [-0.15, -0.1) is 0 Å². The van der Waals surface area contributed by atoms with Crippen LogP contribution in [0.5, 0.6) is 0 Å². The lowest BCUT2D eigenvalue weighted by atomic mass is 10.1. The molecule has 0 saturated heterocycles. The molecule has 0 amide bonds. The third-order valence-corrected chi connectivity index (χ3v) is 1.54. The number of rotatable bonds is 6. The third-order valence-electron chi connectivity index (χ3n) is 1.54. The molecule has 6 heteroatoms. The van der Waals surface area contributed by atoms with Gasteiger partial charge in [0.15, 0.2) is 6.29 Å². The molecule has 0 aromatic heterocycles. The Morgan fingerprint density at radius 2 is 1.62 bits per heavy atom. The minimum absolute atomic E-state index is 0.552. The fraction of sp³-hybridized carbons (Fsp3) is 1.00. The molecule has 0 aromatic carbocycles. The van der Waals surface area contributed by atoms with E-state index in [9.17, 15) is 5.11 Å². The number of hydrogen-bond acceptors (Lipinski definition) is 6. The van der Waals surface area contributed by atoms with Gasteiger partial charge >= 0.3 is 0 Å². The summed E-state index contributed by atoms with van der Waals surface area (Å²) in [6.45, 7) is 0.133. The molecule has 0 aromatic rings. The summed E-state index contributed by atoms with van der Waals surface area (Å²) in [5.74, 6) is 0. The topological polar surface area (TPSA) is 110 Å². The van der Waals surface area contributed by atoms with Gasteiger partial charge in [-0.2, -0.15) is 0 Å². The van der Waals surface area contributed by atoms with Crippen LogP contribution < -0.4 is 0 Å². The molecule has 0 fully saturated rings. The van der Waals surface area contributed by atoms with Crippen LogP contribution in [0.3, 0.4) is 0 Å². The van der Waals surface area contributed by atoms with Crippen LogP contribution in [0.25, 0.3) is 0 Å². The number of aliphatic hydroxyl groups excluding tert-OH is 5. The third kappa shape index (κ3) is 4.51. The second kappa shape index (κ2) is 6.25. The first-order chi connectivity index (χ1) is 6.02. The van der Waals surface area contributed by atoms with Crippen molar-refractivity contribution >= 4 is 0 Å². The molecule has 0 spiro atoms. The quantitative estimate of drug-likeness (QED) is 0.298. The van der Waals surface area contributed by atoms with Gasteiger partial charge in [0, 0.05) is 0 Å². The lowest BCUT2D eigenvalue weighted by Crippen LogP contribution is -2.42. The zero-order chi connectivity index (χ0) is 10.4. The molecule has 80 valence electrons. The lowest BCUT2D eigenvalue weighted by molar-refractivity contribution is -0.200. The Hall–Kier alpha value is -0.240. The summed E-state index contributed by atoms with van der Waals surface area (Å²) < 4.78 is 4.62. The van der Waals surface area contributed by atoms with E-state index in [0.29, 0.717) is 0 Å². The molecule has 5 N–H and O–H groups in total. The predicted molar refractivity (Wildman–Crippen MR) is 42.7 cm³/mol. The van der Waals surface area contributed by atoms with Crippen LogP contribution in [-0.4, -0.2) is 63.3 Å². The standard InChI is InChI=1S/C7H16O6/c1-4(10)7(12)5(2-8)13-6(11)3-9/h4-12H,2-3H2,1H3/t4-,5?,6?,7+/m0/s1. The maximum atomic E-state index is 9.20. The average Bonchev–Trinajstić information content (AvgIpc) is 2.12. The minimum Gasteiger partial charge on any atom is -0.394 e. The van der Waals surface area contributed by atoms with Crippen LogP contribution >= 0.6 is 0 Å². The van der Waals surface area contributed by atoms with Gasteiger partial charge in [-0.1, -0.05) is 0 Å². The van der Waals surface area contributed by atoms with Crippen LogP contribution in [0.4, 0.5) is 0 Å². The van der Waals surface area contributed by atoms with Gasteiger partial charge in [-0.05, 0) is 6.92 Å². The fourth-order valence-corrected chi connectivity index (χ4v) is 0.787. The fourth-order valence-electron chi connectivity index (χ4n) is 0.787.